The highest BCUT2D eigenvalue weighted by molar-refractivity contribution is 5.39. The molecular formula is C10H10F3O. The molecule has 0 bridgehead atoms. The first-order chi connectivity index (χ1) is 6.42. The van der Waals surface area contributed by atoms with Crippen LogP contribution in [0.2, 0.25) is 0 Å². The molecule has 0 aliphatic rings. The topological polar surface area (TPSA) is 9.23 Å². The maximum absolute atomic E-state index is 11.9. The number of hydrogen-bond donors (Lipinski definition) is 0. The molecule has 1 aromatic carbocycles. The van der Waals surface area contributed by atoms with Crippen molar-refractivity contribution in [3.8, 4) is 5.75 Å². The van der Waals surface area contributed by atoms with Crippen molar-refractivity contribution in [3.05, 3.63) is 36.2 Å². The Kier molecular flexibility index (Phi) is 3.03. The van der Waals surface area contributed by atoms with Crippen LogP contribution in [0.15, 0.2) is 18.2 Å². The number of rotatable bonds is 2. The van der Waals surface area contributed by atoms with Gasteiger partial charge in [-0.3, -0.25) is 0 Å². The molecule has 77 valence electrons. The second-order valence-corrected chi connectivity index (χ2v) is 2.84. The lowest BCUT2D eigenvalue weighted by Crippen LogP contribution is -2.17. The van der Waals surface area contributed by atoms with E-state index in [1.807, 2.05) is 6.92 Å². The normalized spacial score (nSPS) is 11.5. The minimum Gasteiger partial charge on any atom is -0.406 e. The number of benzene rings is 1. The lowest BCUT2D eigenvalue weighted by molar-refractivity contribution is -0.274. The van der Waals surface area contributed by atoms with Crippen LogP contribution in [-0.4, -0.2) is 6.36 Å². The standard InChI is InChI=1S/C10H10F3O/c1-3-8-4-5-9(7(2)6-8)14-10(11,12)13/h4-6H,2-3H2,1H3. The van der Waals surface area contributed by atoms with Gasteiger partial charge in [0, 0.05) is 0 Å². The third-order valence-electron chi connectivity index (χ3n) is 1.76. The predicted molar refractivity (Wildman–Crippen MR) is 47.0 cm³/mol. The van der Waals surface area contributed by atoms with E-state index in [0.717, 1.165) is 12.0 Å². The van der Waals surface area contributed by atoms with E-state index in [9.17, 15) is 13.2 Å². The van der Waals surface area contributed by atoms with E-state index < -0.39 is 6.36 Å². The van der Waals surface area contributed by atoms with E-state index >= 15 is 0 Å². The molecule has 14 heavy (non-hydrogen) atoms. The summed E-state index contributed by atoms with van der Waals surface area (Å²) in [5.41, 5.74) is 1.19. The summed E-state index contributed by atoms with van der Waals surface area (Å²) in [6.07, 6.45) is -3.89. The molecule has 0 amide bonds. The average Bonchev–Trinajstić information content (AvgIpc) is 2.06. The molecule has 0 atom stereocenters. The Hall–Kier alpha value is -1.19. The van der Waals surface area contributed by atoms with Crippen LogP contribution in [0.4, 0.5) is 13.2 Å². The predicted octanol–water partition coefficient (Wildman–Crippen LogP) is 3.33. The van der Waals surface area contributed by atoms with Crippen LogP contribution in [0.1, 0.15) is 18.1 Å². The molecule has 1 rings (SSSR count). The van der Waals surface area contributed by atoms with E-state index in [1.54, 1.807) is 12.1 Å². The monoisotopic (exact) mass is 203 g/mol. The van der Waals surface area contributed by atoms with Crippen LogP contribution in [0.25, 0.3) is 0 Å². The van der Waals surface area contributed by atoms with Gasteiger partial charge in [-0.2, -0.15) is 0 Å². The molecule has 0 aromatic heterocycles. The van der Waals surface area contributed by atoms with Crippen LogP contribution >= 0.6 is 0 Å². The third-order valence-corrected chi connectivity index (χ3v) is 1.76. The Morgan fingerprint density at radius 3 is 2.43 bits per heavy atom. The van der Waals surface area contributed by atoms with Crippen molar-refractivity contribution in [1.29, 1.82) is 0 Å². The second kappa shape index (κ2) is 3.90. The molecule has 1 nitrogen and oxygen atoms in total. The average molecular weight is 203 g/mol. The van der Waals surface area contributed by atoms with E-state index in [0.29, 0.717) is 0 Å². The summed E-state index contributed by atoms with van der Waals surface area (Å²) >= 11 is 0. The van der Waals surface area contributed by atoms with Crippen molar-refractivity contribution in [2.75, 3.05) is 0 Å². The summed E-state index contributed by atoms with van der Waals surface area (Å²) in [4.78, 5) is 0. The Bertz CT molecular complexity index is 318. The fourth-order valence-corrected chi connectivity index (χ4v) is 1.08. The minimum absolute atomic E-state index is 0.241. The number of halogens is 3. The lowest BCUT2D eigenvalue weighted by Gasteiger charge is -2.11. The molecule has 0 aliphatic carbocycles. The van der Waals surface area contributed by atoms with E-state index in [-0.39, 0.29) is 11.3 Å². The fraction of sp³-hybridized carbons (Fsp3) is 0.300. The van der Waals surface area contributed by atoms with Gasteiger partial charge in [0.1, 0.15) is 5.75 Å². The van der Waals surface area contributed by atoms with Gasteiger partial charge in [-0.1, -0.05) is 19.1 Å². The zero-order chi connectivity index (χ0) is 10.8. The molecule has 1 radical (unpaired) electrons. The number of hydrogen-bond acceptors (Lipinski definition) is 1. The van der Waals surface area contributed by atoms with Gasteiger partial charge >= 0.3 is 6.36 Å². The summed E-state index contributed by atoms with van der Waals surface area (Å²) < 4.78 is 39.3. The van der Waals surface area contributed by atoms with Crippen LogP contribution in [0.3, 0.4) is 0 Å². The Balaban J connectivity index is 2.89. The maximum Gasteiger partial charge on any atom is 0.573 e. The van der Waals surface area contributed by atoms with Gasteiger partial charge in [0.25, 0.3) is 0 Å². The summed E-state index contributed by atoms with van der Waals surface area (Å²) in [7, 11) is 0. The van der Waals surface area contributed by atoms with Crippen molar-refractivity contribution in [2.45, 2.75) is 19.7 Å². The van der Waals surface area contributed by atoms with Crippen molar-refractivity contribution in [2.24, 2.45) is 0 Å². The molecule has 0 N–H and O–H groups in total. The van der Waals surface area contributed by atoms with Gasteiger partial charge in [-0.05, 0) is 30.5 Å². The van der Waals surface area contributed by atoms with Gasteiger partial charge in [0.05, 0.1) is 0 Å². The van der Waals surface area contributed by atoms with Crippen molar-refractivity contribution >= 4 is 0 Å². The highest BCUT2D eigenvalue weighted by Crippen LogP contribution is 2.26. The molecular weight excluding hydrogens is 193 g/mol. The van der Waals surface area contributed by atoms with Gasteiger partial charge in [-0.15, -0.1) is 13.2 Å². The second-order valence-electron chi connectivity index (χ2n) is 2.84. The molecule has 0 saturated carbocycles. The molecule has 0 saturated heterocycles. The van der Waals surface area contributed by atoms with E-state index in [4.69, 9.17) is 0 Å². The first-order valence-electron chi connectivity index (χ1n) is 4.13. The Labute approximate surface area is 80.5 Å². The summed E-state index contributed by atoms with van der Waals surface area (Å²) in [5.74, 6) is -0.241. The van der Waals surface area contributed by atoms with Gasteiger partial charge in [0.2, 0.25) is 0 Å². The van der Waals surface area contributed by atoms with Gasteiger partial charge in [0.15, 0.2) is 0 Å². The van der Waals surface area contributed by atoms with Crippen LogP contribution in [0.5, 0.6) is 5.75 Å². The molecule has 0 unspecified atom stereocenters. The molecule has 4 heteroatoms. The van der Waals surface area contributed by atoms with Crippen LogP contribution in [-0.2, 0) is 6.42 Å². The molecule has 0 aliphatic heterocycles. The highest BCUT2D eigenvalue weighted by atomic mass is 19.4. The quantitative estimate of drug-likeness (QED) is 0.716. The fourth-order valence-electron chi connectivity index (χ4n) is 1.08. The largest absolute Gasteiger partial charge is 0.573 e. The van der Waals surface area contributed by atoms with Gasteiger partial charge in [-0.25, -0.2) is 0 Å². The summed E-state index contributed by atoms with van der Waals surface area (Å²) in [6.45, 7) is 5.40. The summed E-state index contributed by atoms with van der Waals surface area (Å²) in [5, 5.41) is 0. The van der Waals surface area contributed by atoms with Gasteiger partial charge < -0.3 is 4.74 Å². The Morgan fingerprint density at radius 2 is 2.00 bits per heavy atom. The molecule has 0 spiro atoms. The molecule has 0 fully saturated rings. The van der Waals surface area contributed by atoms with Crippen molar-refractivity contribution in [1.82, 2.24) is 0 Å². The summed E-state index contributed by atoms with van der Waals surface area (Å²) in [6, 6.07) is 4.46. The maximum atomic E-state index is 11.9. The number of aryl methyl sites for hydroxylation is 1. The zero-order valence-electron chi connectivity index (χ0n) is 7.69. The minimum atomic E-state index is -4.65. The number of ether oxygens (including phenoxy) is 1. The smallest absolute Gasteiger partial charge is 0.406 e. The SMILES string of the molecule is [CH2]c1cc(CC)ccc1OC(F)(F)F. The highest BCUT2D eigenvalue weighted by Gasteiger charge is 2.31. The molecule has 0 heterocycles. The third kappa shape index (κ3) is 2.94. The first-order valence-corrected chi connectivity index (χ1v) is 4.13. The van der Waals surface area contributed by atoms with E-state index in [2.05, 4.69) is 11.7 Å². The van der Waals surface area contributed by atoms with E-state index in [1.165, 1.54) is 6.07 Å². The van der Waals surface area contributed by atoms with Crippen molar-refractivity contribution in [3.63, 3.8) is 0 Å². The zero-order valence-corrected chi connectivity index (χ0v) is 7.69. The first kappa shape index (κ1) is 10.9. The Morgan fingerprint density at radius 1 is 1.36 bits per heavy atom. The molecule has 1 aromatic rings. The number of alkyl halides is 3. The lowest BCUT2D eigenvalue weighted by atomic mass is 10.1. The van der Waals surface area contributed by atoms with Crippen LogP contribution in [0, 0.1) is 6.92 Å². The van der Waals surface area contributed by atoms with Crippen LogP contribution < -0.4 is 4.74 Å². The van der Waals surface area contributed by atoms with Crippen molar-refractivity contribution < 1.29 is 17.9 Å².